The van der Waals surface area contributed by atoms with Crippen LogP contribution >= 0.6 is 11.6 Å². The highest BCUT2D eigenvalue weighted by Gasteiger charge is 2.18. The molecule has 0 saturated carbocycles. The largest absolute Gasteiger partial charge is 0.497 e. The summed E-state index contributed by atoms with van der Waals surface area (Å²) in [6, 6.07) is 14.2. The number of halogens is 1. The maximum absolute atomic E-state index is 6.28. The van der Waals surface area contributed by atoms with E-state index in [-0.39, 0.29) is 0 Å². The van der Waals surface area contributed by atoms with Gasteiger partial charge in [0, 0.05) is 50.4 Å². The third kappa shape index (κ3) is 4.88. The smallest absolute Gasteiger partial charge is 0.122 e. The van der Waals surface area contributed by atoms with Gasteiger partial charge in [-0.1, -0.05) is 29.8 Å². The van der Waals surface area contributed by atoms with Crippen molar-refractivity contribution in [1.29, 1.82) is 0 Å². The normalized spacial score (nSPS) is 16.0. The molecule has 0 unspecified atom stereocenters. The van der Waals surface area contributed by atoms with Crippen molar-refractivity contribution in [2.45, 2.75) is 13.1 Å². The molecule has 5 heteroatoms. The second-order valence-corrected chi connectivity index (χ2v) is 6.77. The Labute approximate surface area is 154 Å². The first-order chi connectivity index (χ1) is 12.2. The SMILES string of the molecule is COc1cc(CN2CCN(Cc3ccccc3Cl)CC2)cc(OC)c1. The molecule has 0 spiro atoms. The molecule has 0 amide bonds. The minimum atomic E-state index is 0.840. The molecule has 134 valence electrons. The van der Waals surface area contributed by atoms with Crippen LogP contribution in [0.15, 0.2) is 42.5 Å². The van der Waals surface area contributed by atoms with Crippen LogP contribution in [0.5, 0.6) is 11.5 Å². The fraction of sp³-hybridized carbons (Fsp3) is 0.400. The molecule has 1 fully saturated rings. The van der Waals surface area contributed by atoms with E-state index in [0.717, 1.165) is 55.8 Å². The molecule has 1 saturated heterocycles. The minimum Gasteiger partial charge on any atom is -0.497 e. The van der Waals surface area contributed by atoms with Gasteiger partial charge in [0.05, 0.1) is 14.2 Å². The molecular weight excluding hydrogens is 336 g/mol. The van der Waals surface area contributed by atoms with Crippen molar-refractivity contribution >= 4 is 11.6 Å². The lowest BCUT2D eigenvalue weighted by Crippen LogP contribution is -2.45. The Morgan fingerprint density at radius 3 is 1.96 bits per heavy atom. The number of piperazine rings is 1. The predicted molar refractivity (Wildman–Crippen MR) is 102 cm³/mol. The van der Waals surface area contributed by atoms with Crippen molar-refractivity contribution in [1.82, 2.24) is 9.80 Å². The van der Waals surface area contributed by atoms with Crippen LogP contribution in [0.1, 0.15) is 11.1 Å². The third-order valence-electron chi connectivity index (χ3n) is 4.63. The van der Waals surface area contributed by atoms with E-state index in [1.807, 2.05) is 24.3 Å². The monoisotopic (exact) mass is 360 g/mol. The summed E-state index contributed by atoms with van der Waals surface area (Å²) < 4.78 is 10.7. The number of benzene rings is 2. The van der Waals surface area contributed by atoms with E-state index in [1.165, 1.54) is 11.1 Å². The van der Waals surface area contributed by atoms with Gasteiger partial charge >= 0.3 is 0 Å². The molecule has 0 N–H and O–H groups in total. The maximum Gasteiger partial charge on any atom is 0.122 e. The average molecular weight is 361 g/mol. The number of hydrogen-bond donors (Lipinski definition) is 0. The molecule has 0 bridgehead atoms. The van der Waals surface area contributed by atoms with Gasteiger partial charge in [-0.15, -0.1) is 0 Å². The summed E-state index contributed by atoms with van der Waals surface area (Å²) in [7, 11) is 3.37. The Bertz CT molecular complexity index is 678. The highest BCUT2D eigenvalue weighted by molar-refractivity contribution is 6.31. The first-order valence-electron chi connectivity index (χ1n) is 8.58. The second kappa shape index (κ2) is 8.56. The molecule has 0 aliphatic carbocycles. The maximum atomic E-state index is 6.28. The van der Waals surface area contributed by atoms with Gasteiger partial charge in [0.1, 0.15) is 11.5 Å². The first kappa shape index (κ1) is 18.1. The summed E-state index contributed by atoms with van der Waals surface area (Å²) in [6.07, 6.45) is 0. The fourth-order valence-corrected chi connectivity index (χ4v) is 3.38. The van der Waals surface area contributed by atoms with Crippen LogP contribution in [-0.4, -0.2) is 50.2 Å². The molecular formula is C20H25ClN2O2. The molecule has 1 aliphatic rings. The van der Waals surface area contributed by atoms with Crippen LogP contribution in [0.3, 0.4) is 0 Å². The van der Waals surface area contributed by atoms with E-state index in [9.17, 15) is 0 Å². The Balaban J connectivity index is 1.55. The topological polar surface area (TPSA) is 24.9 Å². The van der Waals surface area contributed by atoms with Crippen LogP contribution in [0, 0.1) is 0 Å². The highest BCUT2D eigenvalue weighted by atomic mass is 35.5. The zero-order chi connectivity index (χ0) is 17.6. The van der Waals surface area contributed by atoms with E-state index in [0.29, 0.717) is 0 Å². The van der Waals surface area contributed by atoms with E-state index < -0.39 is 0 Å². The average Bonchev–Trinajstić information content (AvgIpc) is 2.65. The standard InChI is InChI=1S/C20H25ClN2O2/c1-24-18-11-16(12-19(13-18)25-2)14-22-7-9-23(10-8-22)15-17-5-3-4-6-20(17)21/h3-6,11-13H,7-10,14-15H2,1-2H3. The summed E-state index contributed by atoms with van der Waals surface area (Å²) in [6.45, 7) is 6.01. The third-order valence-corrected chi connectivity index (χ3v) is 5.00. The summed E-state index contributed by atoms with van der Waals surface area (Å²) in [5.74, 6) is 1.68. The fourth-order valence-electron chi connectivity index (χ4n) is 3.19. The Morgan fingerprint density at radius 2 is 1.40 bits per heavy atom. The van der Waals surface area contributed by atoms with Crippen molar-refractivity contribution in [2.24, 2.45) is 0 Å². The van der Waals surface area contributed by atoms with Gasteiger partial charge in [0.2, 0.25) is 0 Å². The van der Waals surface area contributed by atoms with Crippen molar-refractivity contribution in [2.75, 3.05) is 40.4 Å². The summed E-state index contributed by atoms with van der Waals surface area (Å²) >= 11 is 6.28. The molecule has 25 heavy (non-hydrogen) atoms. The zero-order valence-electron chi connectivity index (χ0n) is 14.9. The van der Waals surface area contributed by atoms with E-state index in [1.54, 1.807) is 14.2 Å². The molecule has 2 aromatic rings. The van der Waals surface area contributed by atoms with Gasteiger partial charge in [0.15, 0.2) is 0 Å². The number of hydrogen-bond acceptors (Lipinski definition) is 4. The van der Waals surface area contributed by atoms with Gasteiger partial charge in [-0.2, -0.15) is 0 Å². The van der Waals surface area contributed by atoms with Gasteiger partial charge < -0.3 is 9.47 Å². The van der Waals surface area contributed by atoms with E-state index >= 15 is 0 Å². The summed E-state index contributed by atoms with van der Waals surface area (Å²) in [5.41, 5.74) is 2.42. The van der Waals surface area contributed by atoms with Crippen LogP contribution < -0.4 is 9.47 Å². The van der Waals surface area contributed by atoms with E-state index in [2.05, 4.69) is 28.0 Å². The molecule has 0 aromatic heterocycles. The molecule has 1 aliphatic heterocycles. The van der Waals surface area contributed by atoms with Gasteiger partial charge in [-0.05, 0) is 29.3 Å². The molecule has 0 radical (unpaired) electrons. The molecule has 3 rings (SSSR count). The summed E-state index contributed by atoms with van der Waals surface area (Å²) in [5, 5.41) is 0.855. The molecule has 4 nitrogen and oxygen atoms in total. The zero-order valence-corrected chi connectivity index (χ0v) is 15.6. The highest BCUT2D eigenvalue weighted by Crippen LogP contribution is 2.24. The minimum absolute atomic E-state index is 0.840. The van der Waals surface area contributed by atoms with Crippen LogP contribution in [0.2, 0.25) is 5.02 Å². The van der Waals surface area contributed by atoms with Crippen LogP contribution in [-0.2, 0) is 13.1 Å². The first-order valence-corrected chi connectivity index (χ1v) is 8.96. The predicted octanol–water partition coefficient (Wildman–Crippen LogP) is 3.68. The van der Waals surface area contributed by atoms with Crippen molar-refractivity contribution < 1.29 is 9.47 Å². The van der Waals surface area contributed by atoms with Crippen LogP contribution in [0.25, 0.3) is 0 Å². The molecule has 1 heterocycles. The van der Waals surface area contributed by atoms with Crippen molar-refractivity contribution in [3.05, 3.63) is 58.6 Å². The lowest BCUT2D eigenvalue weighted by Gasteiger charge is -2.35. The van der Waals surface area contributed by atoms with Gasteiger partial charge in [-0.25, -0.2) is 0 Å². The molecule has 0 atom stereocenters. The molecule has 2 aromatic carbocycles. The number of methoxy groups -OCH3 is 2. The summed E-state index contributed by atoms with van der Waals surface area (Å²) in [4.78, 5) is 4.93. The number of rotatable bonds is 6. The lowest BCUT2D eigenvalue weighted by atomic mass is 10.1. The van der Waals surface area contributed by atoms with Gasteiger partial charge in [0.25, 0.3) is 0 Å². The van der Waals surface area contributed by atoms with Crippen LogP contribution in [0.4, 0.5) is 0 Å². The Hall–Kier alpha value is -1.75. The quantitative estimate of drug-likeness (QED) is 0.784. The Kier molecular flexibility index (Phi) is 6.19. The van der Waals surface area contributed by atoms with Crippen molar-refractivity contribution in [3.8, 4) is 11.5 Å². The van der Waals surface area contributed by atoms with E-state index in [4.69, 9.17) is 21.1 Å². The lowest BCUT2D eigenvalue weighted by molar-refractivity contribution is 0.122. The number of ether oxygens (including phenoxy) is 2. The van der Waals surface area contributed by atoms with Gasteiger partial charge in [-0.3, -0.25) is 9.80 Å². The second-order valence-electron chi connectivity index (χ2n) is 6.36. The van der Waals surface area contributed by atoms with Crippen molar-refractivity contribution in [3.63, 3.8) is 0 Å². The number of nitrogens with zero attached hydrogens (tertiary/aromatic N) is 2. The Morgan fingerprint density at radius 1 is 0.840 bits per heavy atom.